The molecule has 0 spiro atoms. The molecule has 0 fully saturated rings. The minimum absolute atomic E-state index is 0.345. The van der Waals surface area contributed by atoms with Crippen LogP contribution in [0.1, 0.15) is 141 Å². The van der Waals surface area contributed by atoms with Crippen molar-refractivity contribution in [3.63, 3.8) is 0 Å². The first-order chi connectivity index (χ1) is 15.3. The van der Waals surface area contributed by atoms with Crippen LogP contribution in [0.5, 0.6) is 5.75 Å². The van der Waals surface area contributed by atoms with Crippen LogP contribution in [-0.2, 0) is 6.54 Å². The summed E-state index contributed by atoms with van der Waals surface area (Å²) >= 11 is 0. The van der Waals surface area contributed by atoms with Crippen LogP contribution in [-0.4, -0.2) is 11.7 Å². The van der Waals surface area contributed by atoms with Crippen molar-refractivity contribution in [1.82, 2.24) is 5.32 Å². The number of nitrogens with one attached hydrogen (secondary N) is 1. The Morgan fingerprint density at radius 3 is 1.26 bits per heavy atom. The lowest BCUT2D eigenvalue weighted by atomic mass is 10.0. The molecule has 0 unspecified atom stereocenters. The zero-order valence-electron chi connectivity index (χ0n) is 20.8. The van der Waals surface area contributed by atoms with Gasteiger partial charge in [0.05, 0.1) is 0 Å². The van der Waals surface area contributed by atoms with Gasteiger partial charge in [-0.2, -0.15) is 0 Å². The van der Waals surface area contributed by atoms with Crippen LogP contribution < -0.4 is 5.32 Å². The predicted octanol–water partition coefficient (Wildman–Crippen LogP) is 9.30. The molecular weight excluding hydrogens is 378 g/mol. The maximum absolute atomic E-state index is 9.29. The highest BCUT2D eigenvalue weighted by Crippen LogP contribution is 2.15. The Morgan fingerprint density at radius 2 is 0.871 bits per heavy atom. The molecule has 0 radical (unpaired) electrons. The van der Waals surface area contributed by atoms with E-state index in [-0.39, 0.29) is 0 Å². The average Bonchev–Trinajstić information content (AvgIpc) is 2.78. The van der Waals surface area contributed by atoms with E-state index in [0.717, 1.165) is 13.1 Å². The molecule has 2 nitrogen and oxygen atoms in total. The largest absolute Gasteiger partial charge is 0.508 e. The van der Waals surface area contributed by atoms with Crippen LogP contribution in [0.25, 0.3) is 0 Å². The van der Waals surface area contributed by atoms with Gasteiger partial charge in [0.25, 0.3) is 0 Å². The molecular formula is C29H53NO. The second-order valence-electron chi connectivity index (χ2n) is 9.56. The monoisotopic (exact) mass is 431 g/mol. The highest BCUT2D eigenvalue weighted by molar-refractivity contribution is 5.25. The van der Waals surface area contributed by atoms with Crippen LogP contribution >= 0.6 is 0 Å². The zero-order valence-corrected chi connectivity index (χ0v) is 20.8. The number of hydrogen-bond donors (Lipinski definition) is 2. The van der Waals surface area contributed by atoms with E-state index in [2.05, 4.69) is 12.2 Å². The summed E-state index contributed by atoms with van der Waals surface area (Å²) in [6.07, 6.45) is 28.7. The van der Waals surface area contributed by atoms with Gasteiger partial charge in [-0.15, -0.1) is 0 Å². The predicted molar refractivity (Wildman–Crippen MR) is 138 cm³/mol. The number of aromatic hydroxyl groups is 1. The summed E-state index contributed by atoms with van der Waals surface area (Å²) in [6.45, 7) is 4.30. The van der Waals surface area contributed by atoms with Crippen LogP contribution in [0.2, 0.25) is 0 Å². The highest BCUT2D eigenvalue weighted by Gasteiger charge is 1.96. The van der Waals surface area contributed by atoms with Gasteiger partial charge in [-0.3, -0.25) is 0 Å². The second-order valence-corrected chi connectivity index (χ2v) is 9.56. The molecule has 2 N–H and O–H groups in total. The Morgan fingerprint density at radius 1 is 0.516 bits per heavy atom. The van der Waals surface area contributed by atoms with Crippen molar-refractivity contribution in [1.29, 1.82) is 0 Å². The number of rotatable bonds is 23. The number of phenols is 1. The summed E-state index contributed by atoms with van der Waals surface area (Å²) in [5, 5.41) is 12.8. The van der Waals surface area contributed by atoms with Crippen LogP contribution in [0.15, 0.2) is 24.3 Å². The molecule has 1 aromatic carbocycles. The Bertz CT molecular complexity index is 470. The fourth-order valence-electron chi connectivity index (χ4n) is 4.35. The molecule has 31 heavy (non-hydrogen) atoms. The minimum Gasteiger partial charge on any atom is -0.508 e. The van der Waals surface area contributed by atoms with E-state index in [1.54, 1.807) is 12.1 Å². The summed E-state index contributed by atoms with van der Waals surface area (Å²) in [7, 11) is 0. The van der Waals surface area contributed by atoms with E-state index in [9.17, 15) is 5.11 Å². The van der Waals surface area contributed by atoms with Crippen LogP contribution in [0.3, 0.4) is 0 Å². The van der Waals surface area contributed by atoms with E-state index in [0.29, 0.717) is 5.75 Å². The van der Waals surface area contributed by atoms with Crippen molar-refractivity contribution in [2.75, 3.05) is 6.54 Å². The van der Waals surface area contributed by atoms with Crippen molar-refractivity contribution in [2.24, 2.45) is 0 Å². The normalized spacial score (nSPS) is 11.3. The van der Waals surface area contributed by atoms with Gasteiger partial charge in [-0.1, -0.05) is 141 Å². The molecule has 0 saturated heterocycles. The minimum atomic E-state index is 0.345. The quantitative estimate of drug-likeness (QED) is 0.169. The summed E-state index contributed by atoms with van der Waals surface area (Å²) in [5.41, 5.74) is 1.24. The summed E-state index contributed by atoms with van der Waals surface area (Å²) in [6, 6.07) is 7.49. The maximum atomic E-state index is 9.29. The van der Waals surface area contributed by atoms with Gasteiger partial charge in [0.2, 0.25) is 0 Å². The highest BCUT2D eigenvalue weighted by atomic mass is 16.3. The van der Waals surface area contributed by atoms with Gasteiger partial charge < -0.3 is 10.4 Å². The lowest BCUT2D eigenvalue weighted by molar-refractivity contribution is 0.475. The van der Waals surface area contributed by atoms with Gasteiger partial charge in [-0.25, -0.2) is 0 Å². The number of hydrogen-bond acceptors (Lipinski definition) is 2. The second kappa shape index (κ2) is 22.2. The topological polar surface area (TPSA) is 32.3 Å². The molecule has 0 bridgehead atoms. The van der Waals surface area contributed by atoms with E-state index in [4.69, 9.17) is 0 Å². The lowest BCUT2D eigenvalue weighted by Gasteiger charge is -2.06. The molecule has 1 aromatic rings. The third kappa shape index (κ3) is 19.4. The molecule has 0 saturated carbocycles. The molecule has 0 heterocycles. The molecule has 0 amide bonds. The lowest BCUT2D eigenvalue weighted by Crippen LogP contribution is -2.14. The van der Waals surface area contributed by atoms with E-state index >= 15 is 0 Å². The van der Waals surface area contributed by atoms with Crippen molar-refractivity contribution in [2.45, 2.75) is 142 Å². The van der Waals surface area contributed by atoms with Gasteiger partial charge in [0, 0.05) is 6.54 Å². The summed E-state index contributed by atoms with van der Waals surface area (Å²) in [4.78, 5) is 0. The number of unbranched alkanes of at least 4 members (excludes halogenated alkanes) is 19. The van der Waals surface area contributed by atoms with E-state index in [1.165, 1.54) is 134 Å². The Balaban J connectivity index is 1.68. The standard InChI is InChI=1S/C29H53NO/c1-2-3-4-5-6-7-8-9-10-11-12-13-14-15-16-17-18-19-20-21-26-30-27-28-22-24-29(31)25-23-28/h22-25,30-31H,2-21,26-27H2,1H3. The zero-order chi connectivity index (χ0) is 22.2. The van der Waals surface area contributed by atoms with Crippen molar-refractivity contribution in [3.05, 3.63) is 29.8 Å². The van der Waals surface area contributed by atoms with Crippen LogP contribution in [0.4, 0.5) is 0 Å². The first-order valence-corrected chi connectivity index (χ1v) is 13.8. The fraction of sp³-hybridized carbons (Fsp3) is 0.793. The third-order valence-corrected chi connectivity index (χ3v) is 6.47. The Hall–Kier alpha value is -1.02. The number of benzene rings is 1. The summed E-state index contributed by atoms with van der Waals surface area (Å²) in [5.74, 6) is 0.345. The Labute approximate surface area is 194 Å². The van der Waals surface area contributed by atoms with Gasteiger partial charge in [0.1, 0.15) is 5.75 Å². The molecule has 180 valence electrons. The molecule has 0 aliphatic rings. The van der Waals surface area contributed by atoms with Crippen molar-refractivity contribution in [3.8, 4) is 5.75 Å². The van der Waals surface area contributed by atoms with Crippen LogP contribution in [0, 0.1) is 0 Å². The third-order valence-electron chi connectivity index (χ3n) is 6.47. The first kappa shape index (κ1) is 28.0. The van der Waals surface area contributed by atoms with E-state index < -0.39 is 0 Å². The number of phenolic OH excluding ortho intramolecular Hbond substituents is 1. The first-order valence-electron chi connectivity index (χ1n) is 13.8. The molecule has 0 aromatic heterocycles. The molecule has 2 heteroatoms. The Kier molecular flexibility index (Phi) is 20.0. The van der Waals surface area contributed by atoms with Crippen molar-refractivity contribution >= 4 is 0 Å². The SMILES string of the molecule is CCCCCCCCCCCCCCCCCCCCCCNCc1ccc(O)cc1. The molecule has 1 rings (SSSR count). The smallest absolute Gasteiger partial charge is 0.115 e. The van der Waals surface area contributed by atoms with Gasteiger partial charge >= 0.3 is 0 Å². The van der Waals surface area contributed by atoms with Gasteiger partial charge in [0.15, 0.2) is 0 Å². The fourth-order valence-corrected chi connectivity index (χ4v) is 4.35. The maximum Gasteiger partial charge on any atom is 0.115 e. The van der Waals surface area contributed by atoms with E-state index in [1.807, 2.05) is 12.1 Å². The van der Waals surface area contributed by atoms with Crippen molar-refractivity contribution < 1.29 is 5.11 Å². The average molecular weight is 432 g/mol. The molecule has 0 aliphatic carbocycles. The molecule has 0 atom stereocenters. The summed E-state index contributed by atoms with van der Waals surface area (Å²) < 4.78 is 0. The van der Waals surface area contributed by atoms with Gasteiger partial charge in [-0.05, 0) is 30.7 Å². The molecule has 0 aliphatic heterocycles.